The summed E-state index contributed by atoms with van der Waals surface area (Å²) in [5.41, 5.74) is 1.73. The minimum atomic E-state index is -4.59. The van der Waals surface area contributed by atoms with Gasteiger partial charge in [0.05, 0.1) is 17.6 Å². The second-order valence-electron chi connectivity index (χ2n) is 6.06. The lowest BCUT2D eigenvalue weighted by atomic mass is 10.2. The van der Waals surface area contributed by atoms with E-state index in [1.165, 1.54) is 6.20 Å². The first-order chi connectivity index (χ1) is 12.5. The van der Waals surface area contributed by atoms with Gasteiger partial charge in [-0.1, -0.05) is 6.07 Å². The van der Waals surface area contributed by atoms with Crippen molar-refractivity contribution >= 4 is 11.3 Å². The van der Waals surface area contributed by atoms with Gasteiger partial charge in [-0.2, -0.15) is 22.8 Å². The fourth-order valence-corrected chi connectivity index (χ4v) is 3.09. The summed E-state index contributed by atoms with van der Waals surface area (Å²) in [5, 5.41) is 10.7. The minimum absolute atomic E-state index is 0.123. The SMILES string of the molecule is FC(F)(F)c1nnc2c(N3CCN(Cc4ccccn4)CC3)ccnn12. The Morgan fingerprint density at radius 2 is 1.77 bits per heavy atom. The topological polar surface area (TPSA) is 62.5 Å². The lowest BCUT2D eigenvalue weighted by Crippen LogP contribution is -2.46. The van der Waals surface area contributed by atoms with Crippen molar-refractivity contribution in [1.29, 1.82) is 0 Å². The van der Waals surface area contributed by atoms with E-state index in [1.807, 2.05) is 23.1 Å². The molecule has 1 fully saturated rings. The van der Waals surface area contributed by atoms with Crippen molar-refractivity contribution in [3.8, 4) is 0 Å². The molecule has 0 saturated carbocycles. The number of hydrogen-bond donors (Lipinski definition) is 0. The van der Waals surface area contributed by atoms with Gasteiger partial charge in [-0.15, -0.1) is 10.2 Å². The normalized spacial score (nSPS) is 16.3. The van der Waals surface area contributed by atoms with Gasteiger partial charge in [0.25, 0.3) is 5.82 Å². The van der Waals surface area contributed by atoms with Gasteiger partial charge in [-0.3, -0.25) is 9.88 Å². The highest BCUT2D eigenvalue weighted by Gasteiger charge is 2.38. The molecule has 3 aromatic rings. The summed E-state index contributed by atoms with van der Waals surface area (Å²) in [6, 6.07) is 7.49. The van der Waals surface area contributed by atoms with Crippen molar-refractivity contribution in [3.05, 3.63) is 48.2 Å². The first-order valence-electron chi connectivity index (χ1n) is 8.17. The van der Waals surface area contributed by atoms with Crippen LogP contribution in [0.1, 0.15) is 11.5 Å². The van der Waals surface area contributed by atoms with Crippen LogP contribution in [0.3, 0.4) is 0 Å². The minimum Gasteiger partial charge on any atom is -0.366 e. The van der Waals surface area contributed by atoms with Crippen molar-refractivity contribution in [2.24, 2.45) is 0 Å². The predicted octanol–water partition coefficient (Wildman–Crippen LogP) is 1.86. The zero-order valence-electron chi connectivity index (χ0n) is 13.8. The number of halogens is 3. The second-order valence-corrected chi connectivity index (χ2v) is 6.06. The van der Waals surface area contributed by atoms with E-state index in [1.54, 1.807) is 12.3 Å². The molecule has 10 heteroatoms. The Balaban J connectivity index is 1.50. The Kier molecular flexibility index (Phi) is 4.19. The van der Waals surface area contributed by atoms with E-state index in [9.17, 15) is 13.2 Å². The van der Waals surface area contributed by atoms with Gasteiger partial charge >= 0.3 is 6.18 Å². The monoisotopic (exact) mass is 363 g/mol. The zero-order chi connectivity index (χ0) is 18.1. The Bertz CT molecular complexity index is 886. The number of hydrogen-bond acceptors (Lipinski definition) is 6. The summed E-state index contributed by atoms with van der Waals surface area (Å²) >= 11 is 0. The maximum atomic E-state index is 13.0. The molecular weight excluding hydrogens is 347 g/mol. The summed E-state index contributed by atoms with van der Waals surface area (Å²) < 4.78 is 39.7. The zero-order valence-corrected chi connectivity index (χ0v) is 13.8. The van der Waals surface area contributed by atoms with E-state index in [0.717, 1.165) is 29.8 Å². The smallest absolute Gasteiger partial charge is 0.366 e. The Morgan fingerprint density at radius 3 is 2.46 bits per heavy atom. The van der Waals surface area contributed by atoms with Gasteiger partial charge in [0.2, 0.25) is 5.65 Å². The van der Waals surface area contributed by atoms with Crippen LogP contribution < -0.4 is 4.90 Å². The van der Waals surface area contributed by atoms with Crippen molar-refractivity contribution in [2.45, 2.75) is 12.7 Å². The van der Waals surface area contributed by atoms with Crippen LogP contribution in [0.25, 0.3) is 5.65 Å². The van der Waals surface area contributed by atoms with Crippen molar-refractivity contribution in [1.82, 2.24) is 29.7 Å². The van der Waals surface area contributed by atoms with Crippen LogP contribution in [0.5, 0.6) is 0 Å². The molecule has 1 aliphatic heterocycles. The van der Waals surface area contributed by atoms with Crippen molar-refractivity contribution < 1.29 is 13.2 Å². The molecule has 26 heavy (non-hydrogen) atoms. The molecule has 1 aliphatic rings. The average Bonchev–Trinajstić information content (AvgIpc) is 3.08. The fourth-order valence-electron chi connectivity index (χ4n) is 3.09. The van der Waals surface area contributed by atoms with Crippen LogP contribution in [-0.4, -0.2) is 55.9 Å². The summed E-state index contributed by atoms with van der Waals surface area (Å²) in [7, 11) is 0. The summed E-state index contributed by atoms with van der Waals surface area (Å²) in [5.74, 6) is -1.11. The van der Waals surface area contributed by atoms with Crippen LogP contribution in [-0.2, 0) is 12.7 Å². The number of alkyl halides is 3. The molecular formula is C16H16F3N7. The van der Waals surface area contributed by atoms with E-state index < -0.39 is 12.0 Å². The van der Waals surface area contributed by atoms with Crippen LogP contribution in [0.4, 0.5) is 18.9 Å². The van der Waals surface area contributed by atoms with E-state index in [4.69, 9.17) is 0 Å². The quantitative estimate of drug-likeness (QED) is 0.708. The van der Waals surface area contributed by atoms with Gasteiger partial charge in [0.1, 0.15) is 0 Å². The Labute approximate surface area is 147 Å². The standard InChI is InChI=1S/C16H16F3N7/c17-16(18,19)15-23-22-14-13(4-6-21-26(14)15)25-9-7-24(8-10-25)11-12-3-1-2-5-20-12/h1-6H,7-11H2. The lowest BCUT2D eigenvalue weighted by molar-refractivity contribution is -0.146. The fraction of sp³-hybridized carbons (Fsp3) is 0.375. The first kappa shape index (κ1) is 16.7. The third kappa shape index (κ3) is 3.19. The van der Waals surface area contributed by atoms with Crippen LogP contribution >= 0.6 is 0 Å². The van der Waals surface area contributed by atoms with E-state index in [-0.39, 0.29) is 5.65 Å². The van der Waals surface area contributed by atoms with Gasteiger partial charge < -0.3 is 4.90 Å². The number of fused-ring (bicyclic) bond motifs is 1. The van der Waals surface area contributed by atoms with Gasteiger partial charge in [0.15, 0.2) is 0 Å². The number of rotatable bonds is 3. The van der Waals surface area contributed by atoms with Crippen LogP contribution in [0, 0.1) is 0 Å². The molecule has 0 aromatic carbocycles. The lowest BCUT2D eigenvalue weighted by Gasteiger charge is -2.35. The van der Waals surface area contributed by atoms with Crippen molar-refractivity contribution in [3.63, 3.8) is 0 Å². The highest BCUT2D eigenvalue weighted by Crippen LogP contribution is 2.29. The molecule has 0 unspecified atom stereocenters. The van der Waals surface area contributed by atoms with Crippen LogP contribution in [0.2, 0.25) is 0 Å². The van der Waals surface area contributed by atoms with Gasteiger partial charge in [0, 0.05) is 38.9 Å². The van der Waals surface area contributed by atoms with E-state index in [2.05, 4.69) is 25.2 Å². The third-order valence-electron chi connectivity index (χ3n) is 4.36. The van der Waals surface area contributed by atoms with Gasteiger partial charge in [-0.25, -0.2) is 0 Å². The molecule has 0 bridgehead atoms. The molecule has 4 heterocycles. The molecule has 4 rings (SSSR count). The molecule has 0 amide bonds. The number of piperazine rings is 1. The number of aromatic nitrogens is 5. The molecule has 7 nitrogen and oxygen atoms in total. The molecule has 3 aromatic heterocycles. The first-order valence-corrected chi connectivity index (χ1v) is 8.17. The maximum absolute atomic E-state index is 13.0. The highest BCUT2D eigenvalue weighted by molar-refractivity contribution is 5.68. The third-order valence-corrected chi connectivity index (χ3v) is 4.36. The molecule has 0 atom stereocenters. The molecule has 0 radical (unpaired) electrons. The Morgan fingerprint density at radius 1 is 0.962 bits per heavy atom. The van der Waals surface area contributed by atoms with Gasteiger partial charge in [-0.05, 0) is 18.2 Å². The molecule has 1 saturated heterocycles. The average molecular weight is 363 g/mol. The molecule has 0 N–H and O–H groups in total. The summed E-state index contributed by atoms with van der Waals surface area (Å²) in [6.07, 6.45) is -1.48. The number of nitrogens with zero attached hydrogens (tertiary/aromatic N) is 7. The summed E-state index contributed by atoms with van der Waals surface area (Å²) in [6.45, 7) is 3.68. The second kappa shape index (κ2) is 6.52. The highest BCUT2D eigenvalue weighted by atomic mass is 19.4. The predicted molar refractivity (Wildman–Crippen MR) is 87.5 cm³/mol. The largest absolute Gasteiger partial charge is 0.453 e. The van der Waals surface area contributed by atoms with Crippen molar-refractivity contribution in [2.75, 3.05) is 31.1 Å². The summed E-state index contributed by atoms with van der Waals surface area (Å²) in [4.78, 5) is 8.61. The molecule has 136 valence electrons. The van der Waals surface area contributed by atoms with E-state index >= 15 is 0 Å². The molecule has 0 spiro atoms. The van der Waals surface area contributed by atoms with Crippen LogP contribution in [0.15, 0.2) is 36.7 Å². The molecule has 0 aliphatic carbocycles. The Hall–Kier alpha value is -2.75. The van der Waals surface area contributed by atoms with E-state index in [0.29, 0.717) is 18.8 Å². The number of anilines is 1. The number of pyridine rings is 1. The maximum Gasteiger partial charge on any atom is 0.453 e.